The lowest BCUT2D eigenvalue weighted by Crippen LogP contribution is -2.51. The molecule has 0 aromatic carbocycles. The van der Waals surface area contributed by atoms with Gasteiger partial charge in [0, 0.05) is 17.5 Å². The molecule has 16 heavy (non-hydrogen) atoms. The number of halogens is 1. The normalized spacial score (nSPS) is 39.6. The van der Waals surface area contributed by atoms with Crippen molar-refractivity contribution in [3.63, 3.8) is 0 Å². The van der Waals surface area contributed by atoms with Gasteiger partial charge in [0.2, 0.25) is 0 Å². The molecule has 0 radical (unpaired) electrons. The van der Waals surface area contributed by atoms with E-state index in [0.717, 1.165) is 25.7 Å². The van der Waals surface area contributed by atoms with E-state index in [1.807, 2.05) is 6.92 Å². The average Bonchev–Trinajstić information content (AvgIpc) is 2.70. The van der Waals surface area contributed by atoms with Crippen molar-refractivity contribution >= 4 is 21.8 Å². The van der Waals surface area contributed by atoms with E-state index in [0.29, 0.717) is 11.4 Å². The molecular weight excluding hydrogens is 270 g/mol. The van der Waals surface area contributed by atoms with Crippen molar-refractivity contribution in [2.75, 3.05) is 6.61 Å². The van der Waals surface area contributed by atoms with Crippen molar-refractivity contribution in [3.8, 4) is 0 Å². The van der Waals surface area contributed by atoms with Crippen LogP contribution in [0.3, 0.4) is 0 Å². The number of alkyl halides is 1. The maximum absolute atomic E-state index is 12.1. The Kier molecular flexibility index (Phi) is 3.90. The number of hydrogen-bond acceptors (Lipinski definition) is 2. The van der Waals surface area contributed by atoms with Crippen LogP contribution in [0.1, 0.15) is 45.4 Å². The van der Waals surface area contributed by atoms with Crippen LogP contribution in [0, 0.1) is 0 Å². The number of hydrogen-bond donors (Lipinski definition) is 1. The summed E-state index contributed by atoms with van der Waals surface area (Å²) in [7, 11) is 0. The molecule has 2 fully saturated rings. The molecule has 1 amide bonds. The number of nitrogens with one attached hydrogen (secondary N) is 1. The summed E-state index contributed by atoms with van der Waals surface area (Å²) in [4.78, 5) is 12.6. The second kappa shape index (κ2) is 5.05. The van der Waals surface area contributed by atoms with Crippen molar-refractivity contribution in [2.24, 2.45) is 0 Å². The maximum atomic E-state index is 12.1. The lowest BCUT2D eigenvalue weighted by Gasteiger charge is -2.31. The monoisotopic (exact) mass is 289 g/mol. The fourth-order valence-electron chi connectivity index (χ4n) is 2.53. The molecule has 1 saturated carbocycles. The first-order chi connectivity index (χ1) is 7.62. The molecule has 92 valence electrons. The first-order valence-corrected chi connectivity index (χ1v) is 7.12. The number of amides is 1. The van der Waals surface area contributed by atoms with E-state index < -0.39 is 5.60 Å². The summed E-state index contributed by atoms with van der Waals surface area (Å²) < 4.78 is 5.55. The summed E-state index contributed by atoms with van der Waals surface area (Å²) in [5.74, 6) is 0.0707. The number of carbonyl (C=O) groups is 1. The van der Waals surface area contributed by atoms with Crippen LogP contribution in [0.25, 0.3) is 0 Å². The molecule has 0 aromatic rings. The van der Waals surface area contributed by atoms with E-state index in [2.05, 4.69) is 21.2 Å². The van der Waals surface area contributed by atoms with Crippen LogP contribution in [-0.4, -0.2) is 29.0 Å². The molecule has 3 nitrogen and oxygen atoms in total. The van der Waals surface area contributed by atoms with Gasteiger partial charge in [0.1, 0.15) is 5.60 Å². The summed E-state index contributed by atoms with van der Waals surface area (Å²) in [6.07, 6.45) is 6.55. The Morgan fingerprint density at radius 3 is 2.75 bits per heavy atom. The highest BCUT2D eigenvalue weighted by molar-refractivity contribution is 9.09. The van der Waals surface area contributed by atoms with Crippen molar-refractivity contribution < 1.29 is 9.53 Å². The molecule has 1 heterocycles. The molecule has 4 heteroatoms. The first-order valence-electron chi connectivity index (χ1n) is 6.21. The summed E-state index contributed by atoms with van der Waals surface area (Å²) in [5.41, 5.74) is -0.579. The van der Waals surface area contributed by atoms with Gasteiger partial charge in [-0.2, -0.15) is 0 Å². The molecule has 0 bridgehead atoms. The molecular formula is C12H20BrNO2. The molecule has 3 atom stereocenters. The SMILES string of the molecule is CC1(C(=O)NC2CCCCC2Br)CCCO1. The number of carbonyl (C=O) groups excluding carboxylic acids is 1. The van der Waals surface area contributed by atoms with E-state index in [1.54, 1.807) is 0 Å². The minimum absolute atomic E-state index is 0.0707. The third-order valence-electron chi connectivity index (χ3n) is 3.70. The van der Waals surface area contributed by atoms with Crippen molar-refractivity contribution in [2.45, 2.75) is 61.9 Å². The van der Waals surface area contributed by atoms with Gasteiger partial charge >= 0.3 is 0 Å². The van der Waals surface area contributed by atoms with E-state index in [-0.39, 0.29) is 11.9 Å². The van der Waals surface area contributed by atoms with Crippen molar-refractivity contribution in [1.29, 1.82) is 0 Å². The third kappa shape index (κ3) is 2.59. The highest BCUT2D eigenvalue weighted by Crippen LogP contribution is 2.28. The zero-order valence-electron chi connectivity index (χ0n) is 9.80. The smallest absolute Gasteiger partial charge is 0.252 e. The van der Waals surface area contributed by atoms with Crippen LogP contribution in [0.5, 0.6) is 0 Å². The zero-order chi connectivity index (χ0) is 11.6. The van der Waals surface area contributed by atoms with Gasteiger partial charge in [-0.15, -0.1) is 0 Å². The Labute approximate surface area is 105 Å². The van der Waals surface area contributed by atoms with Gasteiger partial charge < -0.3 is 10.1 Å². The van der Waals surface area contributed by atoms with E-state index in [4.69, 9.17) is 4.74 Å². The van der Waals surface area contributed by atoms with Gasteiger partial charge in [-0.1, -0.05) is 28.8 Å². The minimum Gasteiger partial charge on any atom is -0.365 e. The van der Waals surface area contributed by atoms with Gasteiger partial charge in [-0.3, -0.25) is 4.79 Å². The molecule has 1 aliphatic carbocycles. The Morgan fingerprint density at radius 2 is 2.12 bits per heavy atom. The van der Waals surface area contributed by atoms with Crippen LogP contribution in [0.15, 0.2) is 0 Å². The largest absolute Gasteiger partial charge is 0.365 e. The first kappa shape index (κ1) is 12.4. The van der Waals surface area contributed by atoms with Gasteiger partial charge in [-0.25, -0.2) is 0 Å². The molecule has 0 spiro atoms. The molecule has 2 aliphatic rings. The van der Waals surface area contributed by atoms with Crippen LogP contribution in [0.4, 0.5) is 0 Å². The predicted molar refractivity (Wildman–Crippen MR) is 66.7 cm³/mol. The summed E-state index contributed by atoms with van der Waals surface area (Å²) in [6, 6.07) is 0.280. The fraction of sp³-hybridized carbons (Fsp3) is 0.917. The summed E-state index contributed by atoms with van der Waals surface area (Å²) in [6.45, 7) is 2.62. The Balaban J connectivity index is 1.90. The molecule has 2 rings (SSSR count). The highest BCUT2D eigenvalue weighted by atomic mass is 79.9. The molecule has 1 N–H and O–H groups in total. The van der Waals surface area contributed by atoms with E-state index in [9.17, 15) is 4.79 Å². The lowest BCUT2D eigenvalue weighted by atomic mass is 9.94. The summed E-state index contributed by atoms with van der Waals surface area (Å²) >= 11 is 3.65. The molecule has 1 aliphatic heterocycles. The van der Waals surface area contributed by atoms with Crippen LogP contribution in [0.2, 0.25) is 0 Å². The lowest BCUT2D eigenvalue weighted by molar-refractivity contribution is -0.140. The topological polar surface area (TPSA) is 38.3 Å². The summed E-state index contributed by atoms with van der Waals surface area (Å²) in [5, 5.41) is 3.14. The molecule has 3 unspecified atom stereocenters. The van der Waals surface area contributed by atoms with E-state index >= 15 is 0 Å². The highest BCUT2D eigenvalue weighted by Gasteiger charge is 2.39. The second-order valence-corrected chi connectivity index (χ2v) is 6.24. The Hall–Kier alpha value is -0.0900. The maximum Gasteiger partial charge on any atom is 0.252 e. The minimum atomic E-state index is -0.579. The van der Waals surface area contributed by atoms with Gasteiger partial charge in [0.05, 0.1) is 0 Å². The van der Waals surface area contributed by atoms with Gasteiger partial charge in [-0.05, 0) is 32.6 Å². The molecule has 1 saturated heterocycles. The van der Waals surface area contributed by atoms with E-state index in [1.165, 1.54) is 12.8 Å². The number of rotatable bonds is 2. The fourth-order valence-corrected chi connectivity index (χ4v) is 3.25. The molecule has 0 aromatic heterocycles. The van der Waals surface area contributed by atoms with Crippen molar-refractivity contribution in [3.05, 3.63) is 0 Å². The second-order valence-electron chi connectivity index (χ2n) is 5.06. The van der Waals surface area contributed by atoms with Crippen LogP contribution < -0.4 is 5.32 Å². The van der Waals surface area contributed by atoms with Crippen LogP contribution >= 0.6 is 15.9 Å². The predicted octanol–water partition coefficient (Wildman–Crippen LogP) is 2.38. The quantitative estimate of drug-likeness (QED) is 0.793. The standard InChI is InChI=1S/C12H20BrNO2/c1-12(7-4-8-16-12)11(15)14-10-6-3-2-5-9(10)13/h9-10H,2-8H2,1H3,(H,14,15). The van der Waals surface area contributed by atoms with Crippen LogP contribution in [-0.2, 0) is 9.53 Å². The van der Waals surface area contributed by atoms with Gasteiger partial charge in [0.15, 0.2) is 0 Å². The number of ether oxygens (including phenoxy) is 1. The third-order valence-corrected chi connectivity index (χ3v) is 4.79. The Bertz CT molecular complexity index is 264. The average molecular weight is 290 g/mol. The van der Waals surface area contributed by atoms with Crippen molar-refractivity contribution in [1.82, 2.24) is 5.32 Å². The Morgan fingerprint density at radius 1 is 1.38 bits per heavy atom. The van der Waals surface area contributed by atoms with Gasteiger partial charge in [0.25, 0.3) is 5.91 Å². The zero-order valence-corrected chi connectivity index (χ0v) is 11.4.